The molecule has 4 heteroatoms. The normalized spacial score (nSPS) is 32.8. The fourth-order valence-corrected chi connectivity index (χ4v) is 3.49. The minimum atomic E-state index is 0.116. The molecule has 0 spiro atoms. The Bertz CT molecular complexity index is 280. The van der Waals surface area contributed by atoms with Crippen molar-refractivity contribution >= 4 is 0 Å². The van der Waals surface area contributed by atoms with Gasteiger partial charge in [-0.2, -0.15) is 0 Å². The van der Waals surface area contributed by atoms with Crippen LogP contribution in [0.25, 0.3) is 0 Å². The number of nitrogens with zero attached hydrogens (tertiary/aromatic N) is 2. The van der Waals surface area contributed by atoms with Crippen molar-refractivity contribution in [2.24, 2.45) is 0 Å². The Balaban J connectivity index is 1.41. The second-order valence-electron chi connectivity index (χ2n) is 6.39. The van der Waals surface area contributed by atoms with Gasteiger partial charge in [-0.05, 0) is 45.8 Å². The van der Waals surface area contributed by atoms with Crippen molar-refractivity contribution in [1.29, 1.82) is 0 Å². The van der Waals surface area contributed by atoms with E-state index in [9.17, 15) is 0 Å². The number of hydrogen-bond donors (Lipinski definition) is 1. The van der Waals surface area contributed by atoms with Gasteiger partial charge in [-0.15, -0.1) is 0 Å². The summed E-state index contributed by atoms with van der Waals surface area (Å²) in [6, 6.07) is 0.827. The van der Waals surface area contributed by atoms with Crippen molar-refractivity contribution < 1.29 is 4.74 Å². The molecule has 0 saturated carbocycles. The van der Waals surface area contributed by atoms with Crippen LogP contribution in [-0.4, -0.2) is 73.9 Å². The Labute approximate surface area is 111 Å². The van der Waals surface area contributed by atoms with Crippen LogP contribution in [0.4, 0.5) is 0 Å². The highest BCUT2D eigenvalue weighted by Crippen LogP contribution is 2.21. The molecule has 3 aliphatic rings. The molecule has 0 amide bonds. The average molecular weight is 253 g/mol. The molecule has 0 aromatic carbocycles. The minimum absolute atomic E-state index is 0.116. The zero-order valence-corrected chi connectivity index (χ0v) is 11.7. The van der Waals surface area contributed by atoms with Crippen molar-refractivity contribution in [2.45, 2.75) is 37.8 Å². The van der Waals surface area contributed by atoms with Gasteiger partial charge in [-0.3, -0.25) is 9.80 Å². The maximum absolute atomic E-state index is 6.00. The molecule has 0 aromatic heterocycles. The topological polar surface area (TPSA) is 27.7 Å². The van der Waals surface area contributed by atoms with Crippen molar-refractivity contribution in [3.8, 4) is 0 Å². The van der Waals surface area contributed by atoms with Crippen LogP contribution < -0.4 is 5.32 Å². The van der Waals surface area contributed by atoms with Gasteiger partial charge < -0.3 is 10.1 Å². The number of ether oxygens (including phenoxy) is 1. The highest BCUT2D eigenvalue weighted by molar-refractivity contribution is 4.90. The van der Waals surface area contributed by atoms with Crippen LogP contribution in [0.3, 0.4) is 0 Å². The van der Waals surface area contributed by atoms with Gasteiger partial charge in [-0.1, -0.05) is 0 Å². The molecule has 1 atom stereocenters. The van der Waals surface area contributed by atoms with Crippen LogP contribution in [0.5, 0.6) is 0 Å². The molecular weight excluding hydrogens is 226 g/mol. The molecule has 3 fully saturated rings. The first-order chi connectivity index (χ1) is 8.75. The summed E-state index contributed by atoms with van der Waals surface area (Å²) in [5.74, 6) is 0. The molecule has 1 N–H and O–H groups in total. The van der Waals surface area contributed by atoms with Gasteiger partial charge in [0.2, 0.25) is 0 Å². The summed E-state index contributed by atoms with van der Waals surface area (Å²) < 4.78 is 6.00. The Kier molecular flexibility index (Phi) is 3.89. The summed E-state index contributed by atoms with van der Waals surface area (Å²) in [4.78, 5) is 5.31. The first-order valence-corrected chi connectivity index (χ1v) is 7.56. The van der Waals surface area contributed by atoms with Gasteiger partial charge in [0.1, 0.15) is 0 Å². The summed E-state index contributed by atoms with van der Waals surface area (Å²) in [6.45, 7) is 11.4. The molecule has 1 unspecified atom stereocenters. The standard InChI is InChI=1S/C14H27N3O/c1-14(11-15-12-14)18-9-8-16-5-3-7-17-6-2-4-13(17)10-16/h13,15H,2-12H2,1H3. The Morgan fingerprint density at radius 1 is 1.22 bits per heavy atom. The Hall–Kier alpha value is -0.160. The van der Waals surface area contributed by atoms with E-state index in [2.05, 4.69) is 22.0 Å². The number of nitrogens with one attached hydrogen (secondary N) is 1. The lowest BCUT2D eigenvalue weighted by Crippen LogP contribution is -2.59. The maximum atomic E-state index is 6.00. The maximum Gasteiger partial charge on any atom is 0.0902 e. The Morgan fingerprint density at radius 3 is 2.83 bits per heavy atom. The first kappa shape index (κ1) is 12.9. The summed E-state index contributed by atoms with van der Waals surface area (Å²) in [5, 5.41) is 3.29. The molecule has 0 aromatic rings. The molecule has 4 nitrogen and oxygen atoms in total. The van der Waals surface area contributed by atoms with Gasteiger partial charge in [0, 0.05) is 32.2 Å². The zero-order valence-electron chi connectivity index (χ0n) is 11.7. The third kappa shape index (κ3) is 2.87. The molecule has 104 valence electrons. The van der Waals surface area contributed by atoms with Gasteiger partial charge in [-0.25, -0.2) is 0 Å². The minimum Gasteiger partial charge on any atom is -0.371 e. The lowest BCUT2D eigenvalue weighted by atomic mass is 10.0. The van der Waals surface area contributed by atoms with E-state index in [4.69, 9.17) is 4.74 Å². The van der Waals surface area contributed by atoms with Crippen molar-refractivity contribution in [1.82, 2.24) is 15.1 Å². The third-order valence-electron chi connectivity index (χ3n) is 4.74. The fourth-order valence-electron chi connectivity index (χ4n) is 3.49. The van der Waals surface area contributed by atoms with Crippen molar-refractivity contribution in [2.75, 3.05) is 52.4 Å². The largest absolute Gasteiger partial charge is 0.371 e. The van der Waals surface area contributed by atoms with E-state index in [1.807, 2.05) is 0 Å². The van der Waals surface area contributed by atoms with E-state index < -0.39 is 0 Å². The summed E-state index contributed by atoms with van der Waals surface area (Å²) >= 11 is 0. The Morgan fingerprint density at radius 2 is 2.06 bits per heavy atom. The summed E-state index contributed by atoms with van der Waals surface area (Å²) in [7, 11) is 0. The van der Waals surface area contributed by atoms with Crippen LogP contribution in [-0.2, 0) is 4.74 Å². The van der Waals surface area contributed by atoms with Crippen molar-refractivity contribution in [3.05, 3.63) is 0 Å². The lowest BCUT2D eigenvalue weighted by Gasteiger charge is -2.39. The molecular formula is C14H27N3O. The van der Waals surface area contributed by atoms with Crippen LogP contribution >= 0.6 is 0 Å². The number of hydrogen-bond acceptors (Lipinski definition) is 4. The molecule has 18 heavy (non-hydrogen) atoms. The van der Waals surface area contributed by atoms with E-state index in [0.29, 0.717) is 0 Å². The zero-order chi connectivity index (χ0) is 12.4. The van der Waals surface area contributed by atoms with Crippen LogP contribution in [0, 0.1) is 0 Å². The van der Waals surface area contributed by atoms with Gasteiger partial charge in [0.05, 0.1) is 12.2 Å². The predicted octanol–water partition coefficient (Wildman–Crippen LogP) is 0.535. The van der Waals surface area contributed by atoms with Gasteiger partial charge in [0.15, 0.2) is 0 Å². The molecule has 0 bridgehead atoms. The monoisotopic (exact) mass is 253 g/mol. The number of fused-ring (bicyclic) bond motifs is 1. The van der Waals surface area contributed by atoms with Gasteiger partial charge in [0.25, 0.3) is 0 Å². The van der Waals surface area contributed by atoms with E-state index in [0.717, 1.165) is 32.3 Å². The van der Waals surface area contributed by atoms with Gasteiger partial charge >= 0.3 is 0 Å². The van der Waals surface area contributed by atoms with Crippen LogP contribution in [0.2, 0.25) is 0 Å². The van der Waals surface area contributed by atoms with E-state index >= 15 is 0 Å². The average Bonchev–Trinajstić information content (AvgIpc) is 2.66. The van der Waals surface area contributed by atoms with Crippen LogP contribution in [0.1, 0.15) is 26.2 Å². The summed E-state index contributed by atoms with van der Waals surface area (Å²) in [5.41, 5.74) is 0.116. The molecule has 0 aliphatic carbocycles. The third-order valence-corrected chi connectivity index (χ3v) is 4.74. The first-order valence-electron chi connectivity index (χ1n) is 7.56. The second-order valence-corrected chi connectivity index (χ2v) is 6.39. The molecule has 3 rings (SSSR count). The SMILES string of the molecule is CC1(OCCN2CCCN3CCCC3C2)CNC1. The number of rotatable bonds is 4. The van der Waals surface area contributed by atoms with E-state index in [-0.39, 0.29) is 5.60 Å². The molecule has 3 saturated heterocycles. The van der Waals surface area contributed by atoms with E-state index in [1.165, 1.54) is 45.4 Å². The molecule has 0 radical (unpaired) electrons. The lowest BCUT2D eigenvalue weighted by molar-refractivity contribution is -0.0723. The fraction of sp³-hybridized carbons (Fsp3) is 1.00. The molecule has 3 aliphatic heterocycles. The van der Waals surface area contributed by atoms with E-state index in [1.54, 1.807) is 0 Å². The van der Waals surface area contributed by atoms with Crippen molar-refractivity contribution in [3.63, 3.8) is 0 Å². The molecule has 3 heterocycles. The highest BCUT2D eigenvalue weighted by Gasteiger charge is 2.33. The smallest absolute Gasteiger partial charge is 0.0902 e. The highest BCUT2D eigenvalue weighted by atomic mass is 16.5. The van der Waals surface area contributed by atoms with Crippen LogP contribution in [0.15, 0.2) is 0 Å². The summed E-state index contributed by atoms with van der Waals surface area (Å²) in [6.07, 6.45) is 4.13. The quantitative estimate of drug-likeness (QED) is 0.791. The predicted molar refractivity (Wildman–Crippen MR) is 72.9 cm³/mol. The second kappa shape index (κ2) is 5.45.